The smallest absolute Gasteiger partial charge is 0.331 e. The molecule has 4 aliphatic rings. The Morgan fingerprint density at radius 2 is 1.60 bits per heavy atom. The average Bonchev–Trinajstić information content (AvgIpc) is 3.38. The molecular formula is C41H53F4N7O5S. The summed E-state index contributed by atoms with van der Waals surface area (Å²) in [6, 6.07) is 12.1. The number of anilines is 2. The number of piperidine rings is 1. The summed E-state index contributed by atoms with van der Waals surface area (Å²) >= 11 is 5.53. The van der Waals surface area contributed by atoms with Crippen molar-refractivity contribution >= 4 is 52.3 Å². The van der Waals surface area contributed by atoms with Crippen molar-refractivity contribution in [1.29, 1.82) is 5.26 Å². The number of nitrogens with zero attached hydrogens (tertiary/aromatic N) is 5. The largest absolute Gasteiger partial charge is 0.417 e. The molecule has 4 fully saturated rings. The van der Waals surface area contributed by atoms with Crippen LogP contribution in [0.5, 0.6) is 0 Å². The van der Waals surface area contributed by atoms with Gasteiger partial charge in [0.25, 0.3) is 5.91 Å². The summed E-state index contributed by atoms with van der Waals surface area (Å²) in [4.78, 5) is 59.9. The Hall–Kier alpha value is -4.50. The van der Waals surface area contributed by atoms with Gasteiger partial charge in [-0.1, -0.05) is 45.2 Å². The van der Waals surface area contributed by atoms with E-state index < -0.39 is 28.3 Å². The third-order valence-corrected chi connectivity index (χ3v) is 11.5. The number of amides is 4. The number of alkyl halides is 3. The molecule has 0 spiro atoms. The van der Waals surface area contributed by atoms with Crippen LogP contribution in [0.1, 0.15) is 96.3 Å². The first kappa shape index (κ1) is 46.2. The molecule has 6 rings (SSSR count). The number of nitrogens with one attached hydrogen (secondary N) is 2. The summed E-state index contributed by atoms with van der Waals surface area (Å²) in [7, 11) is 0. The SMILES string of the molecule is CC.CC1(C)C(=O)N(c2ccc(C#N)c(C(F)(F)F)c2)C(=S)N1C1CCCCC1.CC1(c2ccc(NC(=O)CN3CCN(CCOF)CC3)cc2)CCC(=O)NC1=O. The molecule has 4 amide bonds. The predicted octanol–water partition coefficient (Wildman–Crippen LogP) is 6.49. The second kappa shape index (κ2) is 20.0. The summed E-state index contributed by atoms with van der Waals surface area (Å²) in [6.45, 7) is 13.3. The maximum absolute atomic E-state index is 13.3. The molecule has 0 aromatic heterocycles. The maximum atomic E-state index is 13.3. The molecule has 3 heterocycles. The highest BCUT2D eigenvalue weighted by Crippen LogP contribution is 2.40. The zero-order valence-corrected chi connectivity index (χ0v) is 34.5. The van der Waals surface area contributed by atoms with E-state index in [1.54, 1.807) is 32.0 Å². The predicted molar refractivity (Wildman–Crippen MR) is 215 cm³/mol. The quantitative estimate of drug-likeness (QED) is 0.164. The maximum Gasteiger partial charge on any atom is 0.417 e. The Morgan fingerprint density at radius 3 is 2.17 bits per heavy atom. The summed E-state index contributed by atoms with van der Waals surface area (Å²) in [5.74, 6) is -0.989. The standard InChI is InChI=1S/C20H27FN4O4.C19H20F3N3OS.C2H6/c1-20(7-6-17(26)23-19(20)28)15-2-4-16(5-3-15)22-18(27)14-25-10-8-24(9-11-25)12-13-29-21;1-18(2)16(26)24(17(27)25(18)13-6-4-3-5-7-13)14-9-8-12(11-23)15(10-14)19(20,21)22;1-2/h2-5H,6-14H2,1H3,(H,22,27)(H,23,26,28);8-10,13H,3-7H2,1-2H3;1-2H3. The minimum absolute atomic E-state index is 0.0442. The molecule has 1 unspecified atom stereocenters. The van der Waals surface area contributed by atoms with Crippen LogP contribution in [0.25, 0.3) is 0 Å². The van der Waals surface area contributed by atoms with Crippen LogP contribution in [-0.2, 0) is 35.7 Å². The van der Waals surface area contributed by atoms with Crippen molar-refractivity contribution in [3.63, 3.8) is 0 Å². The number of benzene rings is 2. The summed E-state index contributed by atoms with van der Waals surface area (Å²) in [6.07, 6.45) is 1.13. The van der Waals surface area contributed by atoms with Crippen LogP contribution in [0.2, 0.25) is 0 Å². The number of thiocarbonyl (C=S) groups is 1. The number of carbonyl (C=O) groups excluding carboxylic acids is 4. The van der Waals surface area contributed by atoms with Crippen LogP contribution >= 0.6 is 12.2 Å². The average molecular weight is 832 g/mol. The molecule has 2 N–H and O–H groups in total. The Bertz CT molecular complexity index is 1840. The lowest BCUT2D eigenvalue weighted by Gasteiger charge is -2.39. The molecular weight excluding hydrogens is 779 g/mol. The van der Waals surface area contributed by atoms with Gasteiger partial charge in [-0.3, -0.25) is 39.2 Å². The van der Waals surface area contributed by atoms with Crippen LogP contribution in [0.3, 0.4) is 0 Å². The second-order valence-corrected chi connectivity index (χ2v) is 15.6. The molecule has 3 aliphatic heterocycles. The molecule has 3 saturated heterocycles. The molecule has 0 radical (unpaired) electrons. The molecule has 2 aromatic rings. The van der Waals surface area contributed by atoms with Gasteiger partial charge in [-0.2, -0.15) is 23.4 Å². The molecule has 17 heteroatoms. The van der Waals surface area contributed by atoms with Crippen molar-refractivity contribution in [2.24, 2.45) is 0 Å². The van der Waals surface area contributed by atoms with Crippen LogP contribution in [0.4, 0.5) is 29.1 Å². The normalized spacial score (nSPS) is 21.7. The molecule has 1 atom stereocenters. The van der Waals surface area contributed by atoms with Gasteiger partial charge in [0.15, 0.2) is 5.11 Å². The van der Waals surface area contributed by atoms with Gasteiger partial charge in [-0.25, -0.2) is 0 Å². The number of nitriles is 1. The van der Waals surface area contributed by atoms with Crippen molar-refractivity contribution in [2.45, 2.75) is 103 Å². The number of piperazine rings is 1. The third kappa shape index (κ3) is 10.8. The van der Waals surface area contributed by atoms with Gasteiger partial charge in [0.05, 0.1) is 34.8 Å². The van der Waals surface area contributed by atoms with Crippen molar-refractivity contribution in [3.8, 4) is 6.07 Å². The fourth-order valence-corrected chi connectivity index (χ4v) is 8.30. The molecule has 316 valence electrons. The monoisotopic (exact) mass is 831 g/mol. The van der Waals surface area contributed by atoms with Gasteiger partial charge in [-0.15, -0.1) is 0 Å². The second-order valence-electron chi connectivity index (χ2n) is 15.2. The van der Waals surface area contributed by atoms with Crippen LogP contribution < -0.4 is 15.5 Å². The van der Waals surface area contributed by atoms with Gasteiger partial charge in [0, 0.05) is 50.9 Å². The van der Waals surface area contributed by atoms with E-state index in [4.69, 9.17) is 17.5 Å². The number of halogens is 4. The minimum atomic E-state index is -4.69. The minimum Gasteiger partial charge on any atom is -0.331 e. The Morgan fingerprint density at radius 1 is 0.983 bits per heavy atom. The van der Waals surface area contributed by atoms with E-state index in [-0.39, 0.29) is 53.6 Å². The van der Waals surface area contributed by atoms with E-state index in [2.05, 4.69) is 25.4 Å². The highest BCUT2D eigenvalue weighted by molar-refractivity contribution is 7.80. The lowest BCUT2D eigenvalue weighted by atomic mass is 9.75. The first-order valence-corrected chi connectivity index (χ1v) is 20.1. The van der Waals surface area contributed by atoms with Crippen molar-refractivity contribution in [2.75, 3.05) is 56.1 Å². The zero-order chi connectivity index (χ0) is 42.8. The number of hydrogen-bond acceptors (Lipinski definition) is 9. The molecule has 12 nitrogen and oxygen atoms in total. The summed E-state index contributed by atoms with van der Waals surface area (Å²) < 4.78 is 51.7. The van der Waals surface area contributed by atoms with Crippen LogP contribution in [-0.4, -0.2) is 101 Å². The van der Waals surface area contributed by atoms with Gasteiger partial charge >= 0.3 is 6.18 Å². The van der Waals surface area contributed by atoms with E-state index in [9.17, 15) is 36.9 Å². The first-order valence-electron chi connectivity index (χ1n) is 19.7. The topological polar surface area (TPSA) is 138 Å². The fraction of sp³-hybridized carbons (Fsp3) is 0.561. The van der Waals surface area contributed by atoms with Gasteiger partial charge in [0.1, 0.15) is 12.1 Å². The number of imide groups is 1. The fourth-order valence-electron chi connectivity index (χ4n) is 7.73. The number of carbonyl (C=O) groups is 4. The van der Waals surface area contributed by atoms with Crippen molar-refractivity contribution < 1.29 is 41.8 Å². The molecule has 58 heavy (non-hydrogen) atoms. The molecule has 2 aromatic carbocycles. The van der Waals surface area contributed by atoms with E-state index in [1.165, 1.54) is 11.0 Å². The molecule has 0 bridgehead atoms. The van der Waals surface area contributed by atoms with E-state index in [1.807, 2.05) is 37.8 Å². The highest BCUT2D eigenvalue weighted by Gasteiger charge is 2.52. The molecule has 1 aliphatic carbocycles. The Kier molecular flexibility index (Phi) is 15.9. The van der Waals surface area contributed by atoms with Gasteiger partial charge in [-0.05, 0) is 92.7 Å². The van der Waals surface area contributed by atoms with E-state index in [0.29, 0.717) is 25.1 Å². The highest BCUT2D eigenvalue weighted by atomic mass is 32.1. The van der Waals surface area contributed by atoms with Crippen molar-refractivity contribution in [3.05, 3.63) is 59.2 Å². The summed E-state index contributed by atoms with van der Waals surface area (Å²) in [5.41, 5.74) is -1.70. The van der Waals surface area contributed by atoms with E-state index in [0.717, 1.165) is 76.0 Å². The number of hydrogen-bond donors (Lipinski definition) is 2. The third-order valence-electron chi connectivity index (χ3n) is 11.1. The van der Waals surface area contributed by atoms with Gasteiger partial charge < -0.3 is 10.2 Å². The van der Waals surface area contributed by atoms with Crippen molar-refractivity contribution in [1.82, 2.24) is 20.0 Å². The Labute approximate surface area is 342 Å². The first-order chi connectivity index (χ1) is 27.5. The van der Waals surface area contributed by atoms with Crippen LogP contribution in [0.15, 0.2) is 42.5 Å². The van der Waals surface area contributed by atoms with E-state index >= 15 is 0 Å². The zero-order valence-electron chi connectivity index (χ0n) is 33.7. The molecule has 1 saturated carbocycles. The van der Waals surface area contributed by atoms with Gasteiger partial charge in [0.2, 0.25) is 17.7 Å². The summed E-state index contributed by atoms with van der Waals surface area (Å²) in [5, 5.41) is 14.5. The number of rotatable bonds is 9. The lowest BCUT2D eigenvalue weighted by Crippen LogP contribution is -2.50. The lowest BCUT2D eigenvalue weighted by molar-refractivity contribution is -0.138. The van der Waals surface area contributed by atoms with Crippen LogP contribution in [0, 0.1) is 11.3 Å². The Balaban J connectivity index is 0.000000247.